The summed E-state index contributed by atoms with van der Waals surface area (Å²) in [5, 5.41) is 6.09. The summed E-state index contributed by atoms with van der Waals surface area (Å²) in [6.07, 6.45) is 1.71. The van der Waals surface area contributed by atoms with Crippen LogP contribution in [0, 0.1) is 5.92 Å². The smallest absolute Gasteiger partial charge is 0.253 e. The minimum Gasteiger partial charge on any atom is -0.375 e. The lowest BCUT2D eigenvalue weighted by molar-refractivity contribution is -0.125. The highest BCUT2D eigenvalue weighted by atomic mass is 16.5. The summed E-state index contributed by atoms with van der Waals surface area (Å²) >= 11 is 0. The van der Waals surface area contributed by atoms with Crippen LogP contribution in [-0.4, -0.2) is 50.7 Å². The summed E-state index contributed by atoms with van der Waals surface area (Å²) in [6, 6.07) is 8.02. The van der Waals surface area contributed by atoms with Crippen LogP contribution in [0.2, 0.25) is 0 Å². The summed E-state index contributed by atoms with van der Waals surface area (Å²) in [4.78, 5) is 26.6. The lowest BCUT2D eigenvalue weighted by atomic mass is 10.0. The molecule has 1 aliphatic rings. The number of methoxy groups -OCH3 is 1. The van der Waals surface area contributed by atoms with Gasteiger partial charge in [0.1, 0.15) is 6.61 Å². The van der Waals surface area contributed by atoms with E-state index in [9.17, 15) is 9.59 Å². The third kappa shape index (κ3) is 5.46. The van der Waals surface area contributed by atoms with Gasteiger partial charge in [0, 0.05) is 38.0 Å². The van der Waals surface area contributed by atoms with Gasteiger partial charge in [0.15, 0.2) is 0 Å². The van der Waals surface area contributed by atoms with E-state index in [-0.39, 0.29) is 30.5 Å². The zero-order chi connectivity index (χ0) is 19.1. The largest absolute Gasteiger partial charge is 0.375 e. The summed E-state index contributed by atoms with van der Waals surface area (Å²) in [5.41, 5.74) is 1.67. The quantitative estimate of drug-likeness (QED) is 0.781. The van der Waals surface area contributed by atoms with E-state index in [1.54, 1.807) is 0 Å². The highest BCUT2D eigenvalue weighted by Crippen LogP contribution is 2.24. The normalized spacial score (nSPS) is 16.4. The fraction of sp³-hybridized carbons (Fsp3) is 0.600. The van der Waals surface area contributed by atoms with E-state index in [2.05, 4.69) is 29.4 Å². The predicted molar refractivity (Wildman–Crippen MR) is 103 cm³/mol. The minimum absolute atomic E-state index is 0.0303. The first-order valence-corrected chi connectivity index (χ1v) is 9.35. The second-order valence-electron chi connectivity index (χ2n) is 7.29. The second kappa shape index (κ2) is 9.57. The molecule has 1 atom stereocenters. The number of benzene rings is 1. The van der Waals surface area contributed by atoms with Gasteiger partial charge in [-0.2, -0.15) is 0 Å². The molecule has 0 saturated carbocycles. The molecule has 1 saturated heterocycles. The molecule has 6 heteroatoms. The molecule has 1 heterocycles. The number of piperidine rings is 1. The standard InChI is InChI=1S/C20H31N3O3/c1-14(2)15(3)21-20(25)17-7-5-6-8-18(17)23-11-9-16(10-12-23)22-19(24)13-26-4/h5-8,14-16H,9-13H2,1-4H3,(H,21,25)(H,22,24). The van der Waals surface area contributed by atoms with E-state index in [4.69, 9.17) is 4.74 Å². The van der Waals surface area contributed by atoms with Crippen molar-refractivity contribution in [1.29, 1.82) is 0 Å². The third-order valence-corrected chi connectivity index (χ3v) is 4.98. The summed E-state index contributed by atoms with van der Waals surface area (Å²) < 4.78 is 4.86. The van der Waals surface area contributed by atoms with Gasteiger partial charge in [-0.3, -0.25) is 9.59 Å². The molecule has 1 fully saturated rings. The van der Waals surface area contributed by atoms with Gasteiger partial charge in [0.25, 0.3) is 5.91 Å². The molecule has 1 aromatic carbocycles. The molecule has 2 rings (SSSR count). The fourth-order valence-electron chi connectivity index (χ4n) is 3.06. The maximum Gasteiger partial charge on any atom is 0.253 e. The van der Waals surface area contributed by atoms with E-state index >= 15 is 0 Å². The molecule has 6 nitrogen and oxygen atoms in total. The molecule has 0 bridgehead atoms. The van der Waals surface area contributed by atoms with Crippen LogP contribution in [-0.2, 0) is 9.53 Å². The number of hydrogen-bond acceptors (Lipinski definition) is 4. The van der Waals surface area contributed by atoms with Gasteiger partial charge in [-0.1, -0.05) is 26.0 Å². The predicted octanol–water partition coefficient (Wildman–Crippen LogP) is 2.19. The Hall–Kier alpha value is -2.08. The second-order valence-corrected chi connectivity index (χ2v) is 7.29. The number of amides is 2. The summed E-state index contributed by atoms with van der Waals surface area (Å²) in [7, 11) is 1.52. The van der Waals surface area contributed by atoms with Gasteiger partial charge in [-0.25, -0.2) is 0 Å². The number of anilines is 1. The van der Waals surface area contributed by atoms with Crippen molar-refractivity contribution in [3.05, 3.63) is 29.8 Å². The van der Waals surface area contributed by atoms with Crippen molar-refractivity contribution in [1.82, 2.24) is 10.6 Å². The van der Waals surface area contributed by atoms with Crippen LogP contribution in [0.25, 0.3) is 0 Å². The molecule has 1 unspecified atom stereocenters. The Morgan fingerprint density at radius 3 is 2.46 bits per heavy atom. The van der Waals surface area contributed by atoms with Crippen LogP contribution in [0.4, 0.5) is 5.69 Å². The van der Waals surface area contributed by atoms with Crippen molar-refractivity contribution >= 4 is 17.5 Å². The van der Waals surface area contributed by atoms with Crippen molar-refractivity contribution in [3.8, 4) is 0 Å². The van der Waals surface area contributed by atoms with Crippen molar-refractivity contribution in [3.63, 3.8) is 0 Å². The monoisotopic (exact) mass is 361 g/mol. The molecule has 2 N–H and O–H groups in total. The Morgan fingerprint density at radius 1 is 1.19 bits per heavy atom. The van der Waals surface area contributed by atoms with E-state index in [0.717, 1.165) is 31.6 Å². The van der Waals surface area contributed by atoms with Gasteiger partial charge in [-0.05, 0) is 37.8 Å². The van der Waals surface area contributed by atoms with E-state index in [1.807, 2.05) is 31.2 Å². The fourth-order valence-corrected chi connectivity index (χ4v) is 3.06. The van der Waals surface area contributed by atoms with Crippen LogP contribution in [0.1, 0.15) is 44.0 Å². The first-order chi connectivity index (χ1) is 12.4. The average Bonchev–Trinajstić information content (AvgIpc) is 2.62. The van der Waals surface area contributed by atoms with Crippen LogP contribution < -0.4 is 15.5 Å². The molecule has 26 heavy (non-hydrogen) atoms. The molecule has 1 aromatic rings. The lowest BCUT2D eigenvalue weighted by Gasteiger charge is -2.35. The highest BCUT2D eigenvalue weighted by molar-refractivity contribution is 6.00. The zero-order valence-electron chi connectivity index (χ0n) is 16.2. The molecular formula is C20H31N3O3. The molecule has 0 aliphatic carbocycles. The lowest BCUT2D eigenvalue weighted by Crippen LogP contribution is -2.46. The third-order valence-electron chi connectivity index (χ3n) is 4.98. The number of rotatable bonds is 7. The first-order valence-electron chi connectivity index (χ1n) is 9.35. The molecule has 1 aliphatic heterocycles. The van der Waals surface area contributed by atoms with Crippen LogP contribution in [0.15, 0.2) is 24.3 Å². The summed E-state index contributed by atoms with van der Waals surface area (Å²) in [5.74, 6) is 0.281. The van der Waals surface area contributed by atoms with Crippen molar-refractivity contribution < 1.29 is 14.3 Å². The number of carbonyl (C=O) groups is 2. The van der Waals surface area contributed by atoms with E-state index in [0.29, 0.717) is 11.5 Å². The Morgan fingerprint density at radius 2 is 1.85 bits per heavy atom. The zero-order valence-corrected chi connectivity index (χ0v) is 16.2. The number of ether oxygens (including phenoxy) is 1. The average molecular weight is 361 g/mol. The van der Waals surface area contributed by atoms with E-state index < -0.39 is 0 Å². The molecular weight excluding hydrogens is 330 g/mol. The van der Waals surface area contributed by atoms with Crippen LogP contribution in [0.5, 0.6) is 0 Å². The topological polar surface area (TPSA) is 70.7 Å². The first kappa shape index (κ1) is 20.2. The van der Waals surface area contributed by atoms with Crippen molar-refractivity contribution in [2.45, 2.75) is 45.7 Å². The van der Waals surface area contributed by atoms with Gasteiger partial charge >= 0.3 is 0 Å². The van der Waals surface area contributed by atoms with Crippen LogP contribution >= 0.6 is 0 Å². The Labute approximate surface area is 156 Å². The molecule has 0 aromatic heterocycles. The molecule has 0 radical (unpaired) electrons. The SMILES string of the molecule is COCC(=O)NC1CCN(c2ccccc2C(=O)NC(C)C(C)C)CC1. The Kier molecular flexibility index (Phi) is 7.45. The Bertz CT molecular complexity index is 610. The van der Waals surface area contributed by atoms with Crippen LogP contribution in [0.3, 0.4) is 0 Å². The van der Waals surface area contributed by atoms with Gasteiger partial charge in [0.05, 0.1) is 5.56 Å². The van der Waals surface area contributed by atoms with E-state index in [1.165, 1.54) is 7.11 Å². The Balaban J connectivity index is 2.00. The van der Waals surface area contributed by atoms with Gasteiger partial charge in [-0.15, -0.1) is 0 Å². The highest BCUT2D eigenvalue weighted by Gasteiger charge is 2.24. The minimum atomic E-state index is -0.0756. The summed E-state index contributed by atoms with van der Waals surface area (Å²) in [6.45, 7) is 7.93. The number of nitrogens with zero attached hydrogens (tertiary/aromatic N) is 1. The molecule has 144 valence electrons. The number of hydrogen-bond donors (Lipinski definition) is 2. The maximum atomic E-state index is 12.7. The van der Waals surface area contributed by atoms with Crippen molar-refractivity contribution in [2.75, 3.05) is 31.7 Å². The number of carbonyl (C=O) groups excluding carboxylic acids is 2. The maximum absolute atomic E-state index is 12.7. The number of nitrogens with one attached hydrogen (secondary N) is 2. The van der Waals surface area contributed by atoms with Gasteiger partial charge in [0.2, 0.25) is 5.91 Å². The number of para-hydroxylation sites is 1. The molecule has 0 spiro atoms. The van der Waals surface area contributed by atoms with Crippen molar-refractivity contribution in [2.24, 2.45) is 5.92 Å². The van der Waals surface area contributed by atoms with Gasteiger partial charge < -0.3 is 20.3 Å². The molecule has 2 amide bonds.